The van der Waals surface area contributed by atoms with Gasteiger partial charge in [-0.15, -0.1) is 6.42 Å². The molecule has 1 N–H and O–H groups in total. The first-order valence-electron chi connectivity index (χ1n) is 5.57. The Morgan fingerprint density at radius 1 is 1.47 bits per heavy atom. The molecule has 1 heterocycles. The molecule has 94 valence electrons. The molecule has 0 bridgehead atoms. The van der Waals surface area contributed by atoms with E-state index in [0.29, 0.717) is 19.5 Å². The smallest absolute Gasteiger partial charge is 0.410 e. The second kappa shape index (κ2) is 5.09. The van der Waals surface area contributed by atoms with E-state index in [9.17, 15) is 9.59 Å². The second-order valence-electron chi connectivity index (χ2n) is 5.03. The Morgan fingerprint density at radius 3 is 2.65 bits per heavy atom. The molecule has 1 aliphatic rings. The number of nitrogens with one attached hydrogen (secondary N) is 1. The number of amides is 2. The third kappa shape index (κ3) is 4.35. The number of likely N-dealkylation sites (tertiary alicyclic amines) is 1. The van der Waals surface area contributed by atoms with Crippen molar-refractivity contribution in [1.82, 2.24) is 10.2 Å². The molecule has 1 aliphatic heterocycles. The zero-order chi connectivity index (χ0) is 13.1. The molecule has 17 heavy (non-hydrogen) atoms. The number of terminal acetylenes is 1. The fourth-order valence-electron chi connectivity index (χ4n) is 1.60. The minimum atomic E-state index is -0.503. The van der Waals surface area contributed by atoms with Gasteiger partial charge in [-0.25, -0.2) is 4.79 Å². The van der Waals surface area contributed by atoms with Crippen LogP contribution in [0.4, 0.5) is 4.79 Å². The minimum absolute atomic E-state index is 0.0777. The van der Waals surface area contributed by atoms with E-state index in [1.165, 1.54) is 0 Å². The lowest BCUT2D eigenvalue weighted by atomic mass is 10.2. The van der Waals surface area contributed by atoms with Gasteiger partial charge in [0.25, 0.3) is 5.91 Å². The number of carbonyl (C=O) groups is 2. The summed E-state index contributed by atoms with van der Waals surface area (Å²) in [7, 11) is 0. The van der Waals surface area contributed by atoms with Crippen molar-refractivity contribution >= 4 is 12.0 Å². The van der Waals surface area contributed by atoms with E-state index < -0.39 is 11.5 Å². The third-order valence-electron chi connectivity index (χ3n) is 2.31. The van der Waals surface area contributed by atoms with Gasteiger partial charge in [-0.3, -0.25) is 4.79 Å². The molecule has 0 unspecified atom stereocenters. The van der Waals surface area contributed by atoms with Gasteiger partial charge in [-0.1, -0.05) is 0 Å². The SMILES string of the molecule is C#CC(=O)N[C@@H]1CCN(C(=O)OC(C)(C)C)C1. The van der Waals surface area contributed by atoms with Crippen molar-refractivity contribution < 1.29 is 14.3 Å². The van der Waals surface area contributed by atoms with Crippen LogP contribution >= 0.6 is 0 Å². The van der Waals surface area contributed by atoms with Crippen LogP contribution in [0.3, 0.4) is 0 Å². The molecule has 0 aliphatic carbocycles. The Labute approximate surface area is 101 Å². The third-order valence-corrected chi connectivity index (χ3v) is 2.31. The van der Waals surface area contributed by atoms with Gasteiger partial charge in [0.15, 0.2) is 0 Å². The minimum Gasteiger partial charge on any atom is -0.444 e. The molecule has 0 aromatic rings. The van der Waals surface area contributed by atoms with E-state index in [4.69, 9.17) is 11.2 Å². The molecular weight excluding hydrogens is 220 g/mol. The van der Waals surface area contributed by atoms with Crippen molar-refractivity contribution in [2.24, 2.45) is 0 Å². The summed E-state index contributed by atoms with van der Waals surface area (Å²) < 4.78 is 5.24. The zero-order valence-corrected chi connectivity index (χ0v) is 10.4. The lowest BCUT2D eigenvalue weighted by molar-refractivity contribution is -0.116. The molecule has 0 spiro atoms. The molecule has 1 atom stereocenters. The molecule has 0 radical (unpaired) electrons. The fraction of sp³-hybridized carbons (Fsp3) is 0.667. The van der Waals surface area contributed by atoms with E-state index in [0.717, 1.165) is 0 Å². The van der Waals surface area contributed by atoms with Gasteiger partial charge in [-0.2, -0.15) is 0 Å². The fourth-order valence-corrected chi connectivity index (χ4v) is 1.60. The molecule has 0 saturated carbocycles. The van der Waals surface area contributed by atoms with E-state index >= 15 is 0 Å². The van der Waals surface area contributed by atoms with Crippen molar-refractivity contribution in [1.29, 1.82) is 0 Å². The first-order valence-corrected chi connectivity index (χ1v) is 5.57. The molecule has 1 rings (SSSR count). The molecule has 1 fully saturated rings. The topological polar surface area (TPSA) is 58.6 Å². The van der Waals surface area contributed by atoms with Crippen LogP contribution in [-0.4, -0.2) is 41.6 Å². The largest absolute Gasteiger partial charge is 0.444 e. The highest BCUT2D eigenvalue weighted by atomic mass is 16.6. The lowest BCUT2D eigenvalue weighted by Gasteiger charge is -2.24. The summed E-state index contributed by atoms with van der Waals surface area (Å²) in [6, 6.07) is -0.0777. The van der Waals surface area contributed by atoms with Gasteiger partial charge in [0.1, 0.15) is 5.60 Å². The van der Waals surface area contributed by atoms with Crippen LogP contribution in [0, 0.1) is 12.3 Å². The number of nitrogens with zero attached hydrogens (tertiary/aromatic N) is 1. The number of hydrogen-bond acceptors (Lipinski definition) is 3. The van der Waals surface area contributed by atoms with Crippen LogP contribution in [0.1, 0.15) is 27.2 Å². The molecule has 5 nitrogen and oxygen atoms in total. The predicted molar refractivity (Wildman–Crippen MR) is 63.2 cm³/mol. The van der Waals surface area contributed by atoms with Crippen LogP contribution in [0.25, 0.3) is 0 Å². The first kappa shape index (κ1) is 13.4. The summed E-state index contributed by atoms with van der Waals surface area (Å²) in [5.41, 5.74) is -0.503. The number of ether oxygens (including phenoxy) is 1. The van der Waals surface area contributed by atoms with Crippen molar-refractivity contribution in [3.63, 3.8) is 0 Å². The second-order valence-corrected chi connectivity index (χ2v) is 5.03. The van der Waals surface area contributed by atoms with Crippen molar-refractivity contribution in [2.45, 2.75) is 38.8 Å². The first-order chi connectivity index (χ1) is 7.81. The summed E-state index contributed by atoms with van der Waals surface area (Å²) in [5.74, 6) is 1.55. The van der Waals surface area contributed by atoms with E-state index in [1.807, 2.05) is 26.7 Å². The van der Waals surface area contributed by atoms with E-state index in [1.54, 1.807) is 4.90 Å². The van der Waals surface area contributed by atoms with Gasteiger partial charge >= 0.3 is 6.09 Å². The Balaban J connectivity index is 2.43. The average molecular weight is 238 g/mol. The van der Waals surface area contributed by atoms with Gasteiger partial charge in [0.05, 0.1) is 0 Å². The van der Waals surface area contributed by atoms with Gasteiger partial charge in [0.2, 0.25) is 0 Å². The Hall–Kier alpha value is -1.70. The normalized spacial score (nSPS) is 19.6. The van der Waals surface area contributed by atoms with Crippen LogP contribution in [0.5, 0.6) is 0 Å². The average Bonchev–Trinajstić information content (AvgIpc) is 2.63. The van der Waals surface area contributed by atoms with Crippen molar-refractivity contribution in [3.05, 3.63) is 0 Å². The van der Waals surface area contributed by atoms with Crippen molar-refractivity contribution in [3.8, 4) is 12.3 Å². The lowest BCUT2D eigenvalue weighted by Crippen LogP contribution is -2.39. The van der Waals surface area contributed by atoms with Crippen LogP contribution in [0.2, 0.25) is 0 Å². The van der Waals surface area contributed by atoms with Crippen LogP contribution in [0.15, 0.2) is 0 Å². The Morgan fingerprint density at radius 2 is 2.12 bits per heavy atom. The van der Waals surface area contributed by atoms with Crippen LogP contribution < -0.4 is 5.32 Å². The monoisotopic (exact) mass is 238 g/mol. The highest BCUT2D eigenvalue weighted by molar-refractivity contribution is 5.93. The highest BCUT2D eigenvalue weighted by Gasteiger charge is 2.30. The highest BCUT2D eigenvalue weighted by Crippen LogP contribution is 2.15. The Kier molecular flexibility index (Phi) is 4.00. The molecule has 0 aromatic heterocycles. The summed E-state index contributed by atoms with van der Waals surface area (Å²) in [6.07, 6.45) is 5.31. The number of rotatable bonds is 1. The predicted octanol–water partition coefficient (Wildman–Crippen LogP) is 0.745. The number of hydrogen-bond donors (Lipinski definition) is 1. The zero-order valence-electron chi connectivity index (χ0n) is 10.4. The molecule has 1 saturated heterocycles. The number of carbonyl (C=O) groups excluding carboxylic acids is 2. The quantitative estimate of drug-likeness (QED) is 0.686. The molecule has 2 amide bonds. The van der Waals surface area contributed by atoms with Gasteiger partial charge in [-0.05, 0) is 33.1 Å². The summed E-state index contributed by atoms with van der Waals surface area (Å²) in [6.45, 7) is 6.47. The van der Waals surface area contributed by atoms with E-state index in [-0.39, 0.29) is 12.1 Å². The molecule has 5 heteroatoms. The summed E-state index contributed by atoms with van der Waals surface area (Å²) >= 11 is 0. The molecule has 0 aromatic carbocycles. The molecular formula is C12H18N2O3. The maximum absolute atomic E-state index is 11.7. The summed E-state index contributed by atoms with van der Waals surface area (Å²) in [4.78, 5) is 24.3. The van der Waals surface area contributed by atoms with Crippen molar-refractivity contribution in [2.75, 3.05) is 13.1 Å². The summed E-state index contributed by atoms with van der Waals surface area (Å²) in [5, 5.41) is 2.65. The van der Waals surface area contributed by atoms with Crippen LogP contribution in [-0.2, 0) is 9.53 Å². The Bertz CT molecular complexity index is 352. The van der Waals surface area contributed by atoms with Gasteiger partial charge in [0, 0.05) is 19.1 Å². The maximum Gasteiger partial charge on any atom is 0.410 e. The van der Waals surface area contributed by atoms with E-state index in [2.05, 4.69) is 5.32 Å². The van der Waals surface area contributed by atoms with Gasteiger partial charge < -0.3 is 15.0 Å². The maximum atomic E-state index is 11.7. The standard InChI is InChI=1S/C12H18N2O3/c1-5-10(15)13-9-6-7-14(8-9)11(16)17-12(2,3)4/h1,9H,6-8H2,2-4H3,(H,13,15)/t9-/m1/s1.